The van der Waals surface area contributed by atoms with Crippen molar-refractivity contribution in [3.8, 4) is 0 Å². The molecule has 16 heavy (non-hydrogen) atoms. The highest BCUT2D eigenvalue weighted by Crippen LogP contribution is 2.60. The van der Waals surface area contributed by atoms with E-state index in [4.69, 9.17) is 9.47 Å². The molecule has 0 aromatic heterocycles. The highest BCUT2D eigenvalue weighted by atomic mass is 79.9. The Morgan fingerprint density at radius 2 is 2.31 bits per heavy atom. The van der Waals surface area contributed by atoms with Crippen molar-refractivity contribution in [1.82, 2.24) is 0 Å². The normalized spacial score (nSPS) is 48.2. The molecule has 0 radical (unpaired) electrons. The molecule has 2 bridgehead atoms. The van der Waals surface area contributed by atoms with Gasteiger partial charge >= 0.3 is 11.9 Å². The Labute approximate surface area is 102 Å². The number of esters is 2. The number of rotatable bonds is 2. The fraction of sp³-hybridized carbons (Fsp3) is 0.818. The van der Waals surface area contributed by atoms with E-state index in [2.05, 4.69) is 15.9 Å². The van der Waals surface area contributed by atoms with Crippen molar-refractivity contribution in [2.24, 2.45) is 23.7 Å². The molecule has 5 heteroatoms. The Kier molecular flexibility index (Phi) is 2.28. The monoisotopic (exact) mass is 288 g/mol. The molecule has 3 aliphatic rings. The summed E-state index contributed by atoms with van der Waals surface area (Å²) in [6.45, 7) is 2.15. The molecule has 3 fully saturated rings. The van der Waals surface area contributed by atoms with Gasteiger partial charge in [0.15, 0.2) is 0 Å². The van der Waals surface area contributed by atoms with Crippen LogP contribution in [0.5, 0.6) is 0 Å². The van der Waals surface area contributed by atoms with Crippen molar-refractivity contribution >= 4 is 27.9 Å². The summed E-state index contributed by atoms with van der Waals surface area (Å²) in [6.07, 6.45) is 0.883. The second-order valence-electron chi connectivity index (χ2n) is 4.71. The van der Waals surface area contributed by atoms with Gasteiger partial charge in [-0.25, -0.2) is 0 Å². The molecule has 0 aromatic carbocycles. The van der Waals surface area contributed by atoms with Crippen LogP contribution >= 0.6 is 15.9 Å². The Morgan fingerprint density at radius 1 is 1.56 bits per heavy atom. The van der Waals surface area contributed by atoms with Gasteiger partial charge in [0.1, 0.15) is 6.10 Å². The third kappa shape index (κ3) is 1.15. The summed E-state index contributed by atoms with van der Waals surface area (Å²) < 4.78 is 10.4. The lowest BCUT2D eigenvalue weighted by molar-refractivity contribution is -0.155. The van der Waals surface area contributed by atoms with Crippen LogP contribution in [0.25, 0.3) is 0 Å². The molecule has 1 aliphatic heterocycles. The Morgan fingerprint density at radius 3 is 3.00 bits per heavy atom. The molecule has 3 rings (SSSR count). The fourth-order valence-corrected chi connectivity index (χ4v) is 4.58. The van der Waals surface area contributed by atoms with Crippen LogP contribution in [0, 0.1) is 23.7 Å². The summed E-state index contributed by atoms with van der Waals surface area (Å²) in [5.74, 6) is -0.565. The zero-order chi connectivity index (χ0) is 11.4. The maximum absolute atomic E-state index is 11.9. The highest BCUT2D eigenvalue weighted by molar-refractivity contribution is 9.09. The minimum absolute atomic E-state index is 0.0202. The lowest BCUT2D eigenvalue weighted by atomic mass is 9.80. The zero-order valence-electron chi connectivity index (χ0n) is 8.89. The molecule has 88 valence electrons. The summed E-state index contributed by atoms with van der Waals surface area (Å²) in [6, 6.07) is 0. The van der Waals surface area contributed by atoms with Crippen LogP contribution in [0.4, 0.5) is 0 Å². The van der Waals surface area contributed by atoms with Crippen molar-refractivity contribution in [3.63, 3.8) is 0 Å². The number of hydrogen-bond acceptors (Lipinski definition) is 4. The predicted octanol–water partition coefficient (Wildman–Crippen LogP) is 1.12. The first-order chi connectivity index (χ1) is 7.65. The summed E-state index contributed by atoms with van der Waals surface area (Å²) in [7, 11) is 0. The topological polar surface area (TPSA) is 52.6 Å². The lowest BCUT2D eigenvalue weighted by Gasteiger charge is -2.26. The van der Waals surface area contributed by atoms with E-state index >= 15 is 0 Å². The van der Waals surface area contributed by atoms with E-state index in [-0.39, 0.29) is 46.5 Å². The summed E-state index contributed by atoms with van der Waals surface area (Å²) >= 11 is 3.55. The Balaban J connectivity index is 1.90. The van der Waals surface area contributed by atoms with E-state index in [1.807, 2.05) is 0 Å². The van der Waals surface area contributed by atoms with Crippen LogP contribution in [-0.4, -0.2) is 29.5 Å². The average molecular weight is 289 g/mol. The molecule has 6 atom stereocenters. The van der Waals surface area contributed by atoms with Gasteiger partial charge in [-0.3, -0.25) is 9.59 Å². The van der Waals surface area contributed by atoms with E-state index in [0.717, 1.165) is 6.42 Å². The minimum atomic E-state index is -0.291. The van der Waals surface area contributed by atoms with E-state index in [1.54, 1.807) is 6.92 Å². The minimum Gasteiger partial charge on any atom is -0.466 e. The maximum Gasteiger partial charge on any atom is 0.310 e. The zero-order valence-corrected chi connectivity index (χ0v) is 10.5. The van der Waals surface area contributed by atoms with Gasteiger partial charge in [-0.15, -0.1) is 0 Å². The molecule has 0 unspecified atom stereocenters. The molecule has 0 spiro atoms. The number of halogens is 1. The quantitative estimate of drug-likeness (QED) is 0.564. The number of ether oxygens (including phenoxy) is 2. The Bertz CT molecular complexity index is 356. The molecule has 2 aliphatic carbocycles. The van der Waals surface area contributed by atoms with Crippen molar-refractivity contribution in [2.45, 2.75) is 24.3 Å². The number of carbonyl (C=O) groups excluding carboxylic acids is 2. The molecule has 1 saturated heterocycles. The van der Waals surface area contributed by atoms with Crippen molar-refractivity contribution in [1.29, 1.82) is 0 Å². The van der Waals surface area contributed by atoms with Crippen molar-refractivity contribution in [2.75, 3.05) is 6.61 Å². The first-order valence-electron chi connectivity index (χ1n) is 5.66. The van der Waals surface area contributed by atoms with Crippen LogP contribution in [0.1, 0.15) is 13.3 Å². The van der Waals surface area contributed by atoms with E-state index in [1.165, 1.54) is 0 Å². The van der Waals surface area contributed by atoms with Crippen molar-refractivity contribution < 1.29 is 19.1 Å². The number of fused-ring (bicyclic) bond motifs is 1. The van der Waals surface area contributed by atoms with E-state index < -0.39 is 0 Å². The van der Waals surface area contributed by atoms with Gasteiger partial charge in [-0.2, -0.15) is 0 Å². The smallest absolute Gasteiger partial charge is 0.310 e. The first-order valence-corrected chi connectivity index (χ1v) is 6.58. The van der Waals surface area contributed by atoms with Crippen LogP contribution in [0.2, 0.25) is 0 Å². The lowest BCUT2D eigenvalue weighted by Crippen LogP contribution is -2.38. The first kappa shape index (κ1) is 10.6. The molecular formula is C11H13BrO4. The second-order valence-corrected chi connectivity index (χ2v) is 5.77. The average Bonchev–Trinajstić information content (AvgIpc) is 2.82. The summed E-state index contributed by atoms with van der Waals surface area (Å²) in [5, 5.41) is 0. The number of alkyl halides is 1. The predicted molar refractivity (Wildman–Crippen MR) is 57.8 cm³/mol. The standard InChI is InChI=1S/C11H13BrO4/c1-2-15-10(13)6-4-3-5-7(6)11(14)16-9(5)8(4)12/h4-9H,2-3H2,1H3/t4-,5+,6-,7+,8-,9-/m0/s1. The molecule has 4 nitrogen and oxygen atoms in total. The third-order valence-electron chi connectivity index (χ3n) is 4.08. The van der Waals surface area contributed by atoms with Crippen LogP contribution in [0.3, 0.4) is 0 Å². The summed E-state index contributed by atoms with van der Waals surface area (Å²) in [5.41, 5.74) is 0. The molecule has 0 amide bonds. The van der Waals surface area contributed by atoms with Gasteiger partial charge in [0.2, 0.25) is 0 Å². The van der Waals surface area contributed by atoms with Gasteiger partial charge < -0.3 is 9.47 Å². The van der Waals surface area contributed by atoms with Gasteiger partial charge in [0, 0.05) is 5.92 Å². The molecule has 2 saturated carbocycles. The fourth-order valence-electron chi connectivity index (χ4n) is 3.53. The number of hydrogen-bond donors (Lipinski definition) is 0. The SMILES string of the molecule is CCOC(=O)[C@H]1[C@@H]2C[C@H]3[C@H](OC(=O)[C@H]31)[C@H]2Br. The Hall–Kier alpha value is -0.580. The molecule has 1 heterocycles. The van der Waals surface area contributed by atoms with Gasteiger partial charge in [0.25, 0.3) is 0 Å². The van der Waals surface area contributed by atoms with Crippen molar-refractivity contribution in [3.05, 3.63) is 0 Å². The van der Waals surface area contributed by atoms with Gasteiger partial charge in [0.05, 0.1) is 23.3 Å². The maximum atomic E-state index is 11.9. The van der Waals surface area contributed by atoms with Crippen LogP contribution < -0.4 is 0 Å². The molecular weight excluding hydrogens is 276 g/mol. The number of carbonyl (C=O) groups is 2. The summed E-state index contributed by atoms with van der Waals surface area (Å²) in [4.78, 5) is 23.7. The third-order valence-corrected chi connectivity index (χ3v) is 5.28. The van der Waals surface area contributed by atoms with Gasteiger partial charge in [-0.1, -0.05) is 15.9 Å². The van der Waals surface area contributed by atoms with E-state index in [0.29, 0.717) is 6.61 Å². The second kappa shape index (κ2) is 3.45. The van der Waals surface area contributed by atoms with Gasteiger partial charge in [-0.05, 0) is 19.3 Å². The molecule has 0 aromatic rings. The largest absolute Gasteiger partial charge is 0.466 e. The van der Waals surface area contributed by atoms with E-state index in [9.17, 15) is 9.59 Å². The van der Waals surface area contributed by atoms with Crippen LogP contribution in [0.15, 0.2) is 0 Å². The highest BCUT2D eigenvalue weighted by Gasteiger charge is 2.68. The van der Waals surface area contributed by atoms with Crippen LogP contribution in [-0.2, 0) is 19.1 Å². The molecule has 0 N–H and O–H groups in total.